The van der Waals surface area contributed by atoms with E-state index in [2.05, 4.69) is 5.32 Å². The normalized spacial score (nSPS) is 14.9. The number of carbonyl (C=O) groups is 2. The van der Waals surface area contributed by atoms with E-state index in [1.165, 1.54) is 0 Å². The number of hydrogen-bond donors (Lipinski definition) is 1. The van der Waals surface area contributed by atoms with Crippen molar-refractivity contribution >= 4 is 17.8 Å². The second-order valence-electron chi connectivity index (χ2n) is 9.80. The van der Waals surface area contributed by atoms with Gasteiger partial charge in [0.25, 0.3) is 0 Å². The average Bonchev–Trinajstić information content (AvgIpc) is 3.58. The number of aromatic nitrogens is 2. The molecule has 9 heteroatoms. The van der Waals surface area contributed by atoms with Crippen LogP contribution in [0.5, 0.6) is 11.5 Å². The molecule has 1 atom stereocenters. The molecule has 9 nitrogen and oxygen atoms in total. The van der Waals surface area contributed by atoms with Gasteiger partial charge in [-0.2, -0.15) is 0 Å². The van der Waals surface area contributed by atoms with Crippen molar-refractivity contribution in [2.75, 3.05) is 39.2 Å². The van der Waals surface area contributed by atoms with Gasteiger partial charge in [0.05, 0.1) is 26.0 Å². The molecule has 1 fully saturated rings. The molecule has 1 saturated heterocycles. The summed E-state index contributed by atoms with van der Waals surface area (Å²) in [6.07, 6.45) is 4.06. The maximum absolute atomic E-state index is 13.3. The fraction of sp³-hybridized carbons (Fsp3) is 0.414. The summed E-state index contributed by atoms with van der Waals surface area (Å²) in [5.74, 6) is 1.65. The molecule has 2 amide bonds. The number of rotatable bonds is 11. The van der Waals surface area contributed by atoms with Crippen molar-refractivity contribution in [3.05, 3.63) is 54.7 Å². The van der Waals surface area contributed by atoms with E-state index in [1.54, 1.807) is 19.1 Å². The van der Waals surface area contributed by atoms with E-state index in [9.17, 15) is 9.59 Å². The first-order valence-corrected chi connectivity index (χ1v) is 12.9. The molecule has 2 aromatic carbocycles. The van der Waals surface area contributed by atoms with Gasteiger partial charge in [0, 0.05) is 37.0 Å². The Morgan fingerprint density at radius 2 is 1.74 bits per heavy atom. The first kappa shape index (κ1) is 27.2. The van der Waals surface area contributed by atoms with Crippen LogP contribution >= 0.6 is 0 Å². The highest BCUT2D eigenvalue weighted by Crippen LogP contribution is 2.27. The Balaban J connectivity index is 1.59. The number of ether oxygens (including phenoxy) is 3. The fourth-order valence-corrected chi connectivity index (χ4v) is 4.41. The molecule has 0 radical (unpaired) electrons. The summed E-state index contributed by atoms with van der Waals surface area (Å²) in [5.41, 5.74) is 2.37. The molecule has 1 aromatic heterocycles. The molecule has 2 heterocycles. The van der Waals surface area contributed by atoms with E-state index in [0.717, 1.165) is 35.6 Å². The van der Waals surface area contributed by atoms with Crippen LogP contribution in [0.2, 0.25) is 0 Å². The van der Waals surface area contributed by atoms with Crippen LogP contribution in [0.1, 0.15) is 33.1 Å². The molecule has 1 aliphatic rings. The topological polar surface area (TPSA) is 94.9 Å². The largest absolute Gasteiger partial charge is 0.497 e. The zero-order chi connectivity index (χ0) is 27.1. The molecule has 0 spiro atoms. The standard InChI is InChI=1S/C29H36N4O5/c1-20(2)16-28(35)32(17-25-6-5-15-38-25)19-27(34)31-29-30-26(21-7-11-23(36-3)12-8-21)18-33(29)22-9-13-24(37-4)14-10-22/h7-14,18,20,25H,5-6,15-17,19H2,1-4H3,(H,30,31,34)/t25-/m1/s1. The maximum atomic E-state index is 13.3. The lowest BCUT2D eigenvalue weighted by Crippen LogP contribution is -2.42. The van der Waals surface area contributed by atoms with Crippen molar-refractivity contribution in [1.82, 2.24) is 14.5 Å². The molecule has 1 N–H and O–H groups in total. The minimum atomic E-state index is -0.318. The van der Waals surface area contributed by atoms with E-state index < -0.39 is 0 Å². The molecule has 1 aliphatic heterocycles. The third-order valence-corrected chi connectivity index (χ3v) is 6.41. The summed E-state index contributed by atoms with van der Waals surface area (Å²) in [5, 5.41) is 2.94. The van der Waals surface area contributed by atoms with Gasteiger partial charge in [-0.1, -0.05) is 13.8 Å². The molecule has 202 valence electrons. The number of nitrogens with zero attached hydrogens (tertiary/aromatic N) is 3. The van der Waals surface area contributed by atoms with Crippen LogP contribution in [0.4, 0.5) is 5.95 Å². The van der Waals surface area contributed by atoms with E-state index >= 15 is 0 Å². The zero-order valence-electron chi connectivity index (χ0n) is 22.5. The summed E-state index contributed by atoms with van der Waals surface area (Å²) < 4.78 is 18.1. The van der Waals surface area contributed by atoms with Crippen molar-refractivity contribution in [1.29, 1.82) is 0 Å². The van der Waals surface area contributed by atoms with Gasteiger partial charge >= 0.3 is 0 Å². The monoisotopic (exact) mass is 520 g/mol. The minimum Gasteiger partial charge on any atom is -0.497 e. The third-order valence-electron chi connectivity index (χ3n) is 6.41. The highest BCUT2D eigenvalue weighted by Gasteiger charge is 2.25. The van der Waals surface area contributed by atoms with Crippen molar-refractivity contribution in [3.63, 3.8) is 0 Å². The Morgan fingerprint density at radius 1 is 1.08 bits per heavy atom. The Bertz CT molecular complexity index is 1210. The summed E-state index contributed by atoms with van der Waals surface area (Å²) in [6.45, 7) is 5.02. The van der Waals surface area contributed by atoms with Crippen LogP contribution in [0.3, 0.4) is 0 Å². The lowest BCUT2D eigenvalue weighted by atomic mass is 10.1. The molecule has 0 saturated carbocycles. The van der Waals surface area contributed by atoms with Crippen LogP contribution in [-0.2, 0) is 14.3 Å². The second kappa shape index (κ2) is 12.6. The predicted molar refractivity (Wildman–Crippen MR) is 146 cm³/mol. The van der Waals surface area contributed by atoms with Gasteiger partial charge in [-0.3, -0.25) is 19.5 Å². The van der Waals surface area contributed by atoms with Crippen LogP contribution < -0.4 is 14.8 Å². The minimum absolute atomic E-state index is 0.0399. The molecule has 0 aliphatic carbocycles. The molecule has 0 unspecified atom stereocenters. The number of carbonyl (C=O) groups excluding carboxylic acids is 2. The molecule has 4 rings (SSSR count). The van der Waals surface area contributed by atoms with Crippen molar-refractivity contribution in [2.24, 2.45) is 5.92 Å². The number of nitrogens with one attached hydrogen (secondary N) is 1. The van der Waals surface area contributed by atoms with Crippen LogP contribution in [-0.4, -0.2) is 66.3 Å². The van der Waals surface area contributed by atoms with Crippen LogP contribution in [0, 0.1) is 5.92 Å². The van der Waals surface area contributed by atoms with E-state index in [0.29, 0.717) is 31.2 Å². The molecular formula is C29H36N4O5. The smallest absolute Gasteiger partial charge is 0.246 e. The van der Waals surface area contributed by atoms with Crippen molar-refractivity contribution < 1.29 is 23.8 Å². The van der Waals surface area contributed by atoms with Crippen molar-refractivity contribution in [3.8, 4) is 28.4 Å². The summed E-state index contributed by atoms with van der Waals surface area (Å²) in [6, 6.07) is 15.0. The molecule has 0 bridgehead atoms. The van der Waals surface area contributed by atoms with E-state index in [4.69, 9.17) is 19.2 Å². The van der Waals surface area contributed by atoms with Crippen LogP contribution in [0.25, 0.3) is 16.9 Å². The van der Waals surface area contributed by atoms with Gasteiger partial charge in [0.1, 0.15) is 18.0 Å². The first-order chi connectivity index (χ1) is 18.4. The number of methoxy groups -OCH3 is 2. The Morgan fingerprint density at radius 3 is 2.32 bits per heavy atom. The summed E-state index contributed by atoms with van der Waals surface area (Å²) >= 11 is 0. The SMILES string of the molecule is COc1ccc(-c2cn(-c3ccc(OC)cc3)c(NC(=O)CN(C[C@H]3CCCO3)C(=O)CC(C)C)n2)cc1. The van der Waals surface area contributed by atoms with Crippen molar-refractivity contribution in [2.45, 2.75) is 39.2 Å². The number of amides is 2. The first-order valence-electron chi connectivity index (χ1n) is 12.9. The number of imidazole rings is 1. The van der Waals surface area contributed by atoms with Gasteiger partial charge in [-0.05, 0) is 67.3 Å². The lowest BCUT2D eigenvalue weighted by molar-refractivity contribution is -0.136. The maximum Gasteiger partial charge on any atom is 0.246 e. The number of benzene rings is 2. The highest BCUT2D eigenvalue weighted by molar-refractivity contribution is 5.94. The Hall–Kier alpha value is -3.85. The number of hydrogen-bond acceptors (Lipinski definition) is 6. The zero-order valence-corrected chi connectivity index (χ0v) is 22.5. The Labute approximate surface area is 223 Å². The van der Waals surface area contributed by atoms with Crippen LogP contribution in [0.15, 0.2) is 54.7 Å². The van der Waals surface area contributed by atoms with Gasteiger partial charge in [-0.15, -0.1) is 0 Å². The second-order valence-corrected chi connectivity index (χ2v) is 9.80. The third kappa shape index (κ3) is 6.92. The van der Waals surface area contributed by atoms with Gasteiger partial charge in [-0.25, -0.2) is 4.98 Å². The Kier molecular flexibility index (Phi) is 9.02. The van der Waals surface area contributed by atoms with Gasteiger partial charge in [0.15, 0.2) is 0 Å². The average molecular weight is 521 g/mol. The molecule has 3 aromatic rings. The fourth-order valence-electron chi connectivity index (χ4n) is 4.41. The molecule has 38 heavy (non-hydrogen) atoms. The quantitative estimate of drug-likeness (QED) is 0.399. The molecular weight excluding hydrogens is 484 g/mol. The lowest BCUT2D eigenvalue weighted by Gasteiger charge is -2.25. The predicted octanol–water partition coefficient (Wildman–Crippen LogP) is 4.55. The van der Waals surface area contributed by atoms with E-state index in [-0.39, 0.29) is 30.4 Å². The number of anilines is 1. The summed E-state index contributed by atoms with van der Waals surface area (Å²) in [7, 11) is 3.23. The van der Waals surface area contributed by atoms with E-state index in [1.807, 2.05) is 73.1 Å². The van der Waals surface area contributed by atoms with Gasteiger partial charge < -0.3 is 19.1 Å². The highest BCUT2D eigenvalue weighted by atomic mass is 16.5. The summed E-state index contributed by atoms with van der Waals surface area (Å²) in [4.78, 5) is 32.6. The van der Waals surface area contributed by atoms with Gasteiger partial charge in [0.2, 0.25) is 17.8 Å².